The van der Waals surface area contributed by atoms with Gasteiger partial charge in [-0.2, -0.15) is 4.31 Å². The van der Waals surface area contributed by atoms with E-state index in [4.69, 9.17) is 4.74 Å². The van der Waals surface area contributed by atoms with E-state index in [9.17, 15) is 13.2 Å². The summed E-state index contributed by atoms with van der Waals surface area (Å²) in [5, 5.41) is 6.14. The molecule has 2 aliphatic heterocycles. The number of morpholine rings is 1. The highest BCUT2D eigenvalue weighted by molar-refractivity contribution is 7.89. The number of carbonyl (C=O) groups is 1. The van der Waals surface area contributed by atoms with Crippen LogP contribution >= 0.6 is 0 Å². The van der Waals surface area contributed by atoms with Crippen LogP contribution in [0.3, 0.4) is 0 Å². The van der Waals surface area contributed by atoms with E-state index in [2.05, 4.69) is 15.5 Å². The van der Waals surface area contributed by atoms with E-state index in [1.54, 1.807) is 18.2 Å². The average molecular weight is 382 g/mol. The Balaban J connectivity index is 1.66. The van der Waals surface area contributed by atoms with Crippen LogP contribution in [0.1, 0.15) is 10.4 Å². The molecule has 9 heteroatoms. The number of carbonyl (C=O) groups excluding carboxylic acids is 1. The monoisotopic (exact) mass is 382 g/mol. The van der Waals surface area contributed by atoms with Crippen LogP contribution in [-0.4, -0.2) is 89.1 Å². The van der Waals surface area contributed by atoms with Crippen molar-refractivity contribution in [3.63, 3.8) is 0 Å². The summed E-state index contributed by atoms with van der Waals surface area (Å²) in [6, 6.07) is 6.39. The first kappa shape index (κ1) is 19.2. The Morgan fingerprint density at radius 1 is 1.12 bits per heavy atom. The number of piperazine rings is 1. The minimum atomic E-state index is -3.71. The summed E-state index contributed by atoms with van der Waals surface area (Å²) in [5.74, 6) is -0.354. The third-order valence-corrected chi connectivity index (χ3v) is 6.60. The molecule has 0 atom stereocenters. The molecule has 0 saturated carbocycles. The minimum absolute atomic E-state index is 0.0570. The van der Waals surface area contributed by atoms with Gasteiger partial charge in [0, 0.05) is 52.4 Å². The molecular formula is C17H26N4O4S. The fourth-order valence-electron chi connectivity index (χ4n) is 3.16. The Morgan fingerprint density at radius 2 is 1.81 bits per heavy atom. The fourth-order valence-corrected chi connectivity index (χ4v) is 4.76. The molecule has 2 fully saturated rings. The molecule has 3 rings (SSSR count). The van der Waals surface area contributed by atoms with E-state index in [0.29, 0.717) is 32.8 Å². The van der Waals surface area contributed by atoms with Crippen LogP contribution < -0.4 is 10.6 Å². The number of sulfonamides is 1. The molecule has 0 bridgehead atoms. The van der Waals surface area contributed by atoms with Crippen molar-refractivity contribution in [1.29, 1.82) is 0 Å². The largest absolute Gasteiger partial charge is 0.379 e. The highest BCUT2D eigenvalue weighted by atomic mass is 32.2. The van der Waals surface area contributed by atoms with Crippen molar-refractivity contribution in [1.82, 2.24) is 19.8 Å². The molecule has 1 aromatic rings. The molecule has 26 heavy (non-hydrogen) atoms. The van der Waals surface area contributed by atoms with Crippen LogP contribution in [0.4, 0.5) is 0 Å². The Kier molecular flexibility index (Phi) is 6.60. The third kappa shape index (κ3) is 4.60. The molecule has 2 N–H and O–H groups in total. The number of amides is 1. The minimum Gasteiger partial charge on any atom is -0.379 e. The number of rotatable bonds is 6. The van der Waals surface area contributed by atoms with Gasteiger partial charge in [-0.1, -0.05) is 12.1 Å². The fraction of sp³-hybridized carbons (Fsp3) is 0.588. The number of nitrogens with zero attached hydrogens (tertiary/aromatic N) is 2. The van der Waals surface area contributed by atoms with Gasteiger partial charge in [0.15, 0.2) is 0 Å². The smallest absolute Gasteiger partial charge is 0.252 e. The number of hydrogen-bond donors (Lipinski definition) is 2. The first-order valence-corrected chi connectivity index (χ1v) is 10.4. The van der Waals surface area contributed by atoms with Gasteiger partial charge in [0.2, 0.25) is 10.0 Å². The van der Waals surface area contributed by atoms with Gasteiger partial charge in [0.25, 0.3) is 5.91 Å². The van der Waals surface area contributed by atoms with Gasteiger partial charge in [0.05, 0.1) is 23.7 Å². The maximum Gasteiger partial charge on any atom is 0.252 e. The van der Waals surface area contributed by atoms with E-state index in [1.165, 1.54) is 10.4 Å². The SMILES string of the molecule is O=C(NCCN1CCNCC1)c1ccccc1S(=O)(=O)N1CCOCC1. The van der Waals surface area contributed by atoms with Crippen LogP contribution in [0.25, 0.3) is 0 Å². The zero-order valence-electron chi connectivity index (χ0n) is 14.8. The Morgan fingerprint density at radius 3 is 2.54 bits per heavy atom. The molecule has 2 saturated heterocycles. The molecule has 0 radical (unpaired) electrons. The van der Waals surface area contributed by atoms with Crippen molar-refractivity contribution >= 4 is 15.9 Å². The quantitative estimate of drug-likeness (QED) is 0.679. The first-order valence-electron chi connectivity index (χ1n) is 8.97. The predicted octanol–water partition coefficient (Wildman–Crippen LogP) is -0.657. The lowest BCUT2D eigenvalue weighted by Crippen LogP contribution is -2.46. The molecular weight excluding hydrogens is 356 g/mol. The van der Waals surface area contributed by atoms with Crippen LogP contribution in [0.15, 0.2) is 29.2 Å². The number of ether oxygens (including phenoxy) is 1. The second-order valence-corrected chi connectivity index (χ2v) is 8.27. The lowest BCUT2D eigenvalue weighted by molar-refractivity contribution is 0.0729. The number of nitrogens with one attached hydrogen (secondary N) is 2. The summed E-state index contributed by atoms with van der Waals surface area (Å²) in [6.07, 6.45) is 0. The Bertz CT molecular complexity index is 713. The molecule has 144 valence electrons. The normalized spacial score (nSPS) is 20.0. The van der Waals surface area contributed by atoms with Crippen molar-refractivity contribution in [2.24, 2.45) is 0 Å². The van der Waals surface area contributed by atoms with Crippen LogP contribution in [0, 0.1) is 0 Å². The van der Waals surface area contributed by atoms with Crippen molar-refractivity contribution in [3.8, 4) is 0 Å². The molecule has 1 aromatic carbocycles. The number of hydrogen-bond acceptors (Lipinski definition) is 6. The van der Waals surface area contributed by atoms with Crippen molar-refractivity contribution in [3.05, 3.63) is 29.8 Å². The lowest BCUT2D eigenvalue weighted by atomic mass is 10.2. The van der Waals surface area contributed by atoms with Gasteiger partial charge in [-0.3, -0.25) is 9.69 Å². The summed E-state index contributed by atoms with van der Waals surface area (Å²) in [7, 11) is -3.71. The molecule has 0 aliphatic carbocycles. The van der Waals surface area contributed by atoms with E-state index in [-0.39, 0.29) is 16.4 Å². The Labute approximate surface area is 154 Å². The van der Waals surface area contributed by atoms with Crippen LogP contribution in [-0.2, 0) is 14.8 Å². The van der Waals surface area contributed by atoms with Crippen molar-refractivity contribution in [2.75, 3.05) is 65.6 Å². The van der Waals surface area contributed by atoms with E-state index in [0.717, 1.165) is 32.7 Å². The maximum absolute atomic E-state index is 12.9. The molecule has 0 spiro atoms. The second-order valence-electron chi connectivity index (χ2n) is 6.36. The molecule has 0 unspecified atom stereocenters. The highest BCUT2D eigenvalue weighted by Crippen LogP contribution is 2.21. The van der Waals surface area contributed by atoms with Gasteiger partial charge in [0.1, 0.15) is 0 Å². The van der Waals surface area contributed by atoms with Gasteiger partial charge in [-0.15, -0.1) is 0 Å². The third-order valence-electron chi connectivity index (χ3n) is 4.64. The lowest BCUT2D eigenvalue weighted by Gasteiger charge is -2.27. The summed E-state index contributed by atoms with van der Waals surface area (Å²) in [4.78, 5) is 14.9. The average Bonchev–Trinajstić information content (AvgIpc) is 2.69. The van der Waals surface area contributed by atoms with Gasteiger partial charge in [-0.05, 0) is 12.1 Å². The molecule has 1 amide bonds. The summed E-state index contributed by atoms with van der Waals surface area (Å²) >= 11 is 0. The van der Waals surface area contributed by atoms with Gasteiger partial charge >= 0.3 is 0 Å². The molecule has 8 nitrogen and oxygen atoms in total. The van der Waals surface area contributed by atoms with Crippen LogP contribution in [0.5, 0.6) is 0 Å². The van der Waals surface area contributed by atoms with Crippen molar-refractivity contribution < 1.29 is 17.9 Å². The molecule has 2 heterocycles. The summed E-state index contributed by atoms with van der Waals surface area (Å²) in [6.45, 7) is 6.43. The highest BCUT2D eigenvalue weighted by Gasteiger charge is 2.30. The zero-order valence-corrected chi connectivity index (χ0v) is 15.6. The first-order chi connectivity index (χ1) is 12.6. The van der Waals surface area contributed by atoms with Crippen molar-refractivity contribution in [2.45, 2.75) is 4.90 Å². The topological polar surface area (TPSA) is 91.0 Å². The maximum atomic E-state index is 12.9. The molecule has 2 aliphatic rings. The van der Waals surface area contributed by atoms with Gasteiger partial charge < -0.3 is 15.4 Å². The zero-order chi connectivity index (χ0) is 18.4. The standard InChI is InChI=1S/C17H26N4O4S/c22-17(19-7-10-20-8-5-18-6-9-20)15-3-1-2-4-16(15)26(23,24)21-11-13-25-14-12-21/h1-4,18H,5-14H2,(H,19,22). The molecule has 0 aromatic heterocycles. The Hall–Kier alpha value is -1.52. The van der Waals surface area contributed by atoms with E-state index in [1.807, 2.05) is 0 Å². The second kappa shape index (κ2) is 8.92. The van der Waals surface area contributed by atoms with Crippen LogP contribution in [0.2, 0.25) is 0 Å². The summed E-state index contributed by atoms with van der Waals surface area (Å²) < 4.78 is 32.4. The van der Waals surface area contributed by atoms with E-state index < -0.39 is 10.0 Å². The van der Waals surface area contributed by atoms with Gasteiger partial charge in [-0.25, -0.2) is 8.42 Å². The number of benzene rings is 1. The van der Waals surface area contributed by atoms with E-state index >= 15 is 0 Å². The predicted molar refractivity (Wildman–Crippen MR) is 97.7 cm³/mol. The summed E-state index contributed by atoms with van der Waals surface area (Å²) in [5.41, 5.74) is 0.194.